The zero-order valence-corrected chi connectivity index (χ0v) is 34.5. The molecule has 322 valence electrons. The van der Waals surface area contributed by atoms with E-state index in [1.54, 1.807) is 0 Å². The van der Waals surface area contributed by atoms with E-state index >= 15 is 0 Å². The van der Waals surface area contributed by atoms with Crippen molar-refractivity contribution in [1.82, 2.24) is 0 Å². The van der Waals surface area contributed by atoms with Crippen LogP contribution < -0.4 is 23.7 Å². The van der Waals surface area contributed by atoms with Crippen molar-refractivity contribution in [3.63, 3.8) is 0 Å². The molecule has 2 aliphatic rings. The minimum atomic E-state index is -0.933. The third kappa shape index (κ3) is 10.2. The minimum absolute atomic E-state index is 0.143. The number of aromatic hydroxyl groups is 4. The van der Waals surface area contributed by atoms with E-state index in [0.29, 0.717) is 48.9 Å². The van der Waals surface area contributed by atoms with Gasteiger partial charge in [-0.2, -0.15) is 0 Å². The zero-order chi connectivity index (χ0) is 43.9. The molecule has 0 aromatic heterocycles. The Kier molecular flexibility index (Phi) is 12.9. The summed E-state index contributed by atoms with van der Waals surface area (Å²) in [6.45, 7) is 3.28. The SMILES string of the molecule is Cc1cc(OCc2ccccc2)c2c(c1)O[C@H](c1ccc(OCc3ccccc3)c(OCc3ccccc3)c1)[C@H](O)C2.Oc1cc(O)c2c(c1)O[C@H](c1ccc(O)c(O)c1)[C@H](O)C2. The van der Waals surface area contributed by atoms with Gasteiger partial charge in [0.2, 0.25) is 0 Å². The van der Waals surface area contributed by atoms with Gasteiger partial charge in [0.1, 0.15) is 60.8 Å². The Morgan fingerprint density at radius 1 is 0.460 bits per heavy atom. The number of aliphatic hydroxyl groups is 2. The maximum Gasteiger partial charge on any atom is 0.162 e. The molecule has 0 fully saturated rings. The second kappa shape index (κ2) is 19.1. The Morgan fingerprint density at radius 3 is 1.52 bits per heavy atom. The standard InChI is InChI=1S/C37H34O5.C15H14O6/c1-26-19-34(40-24-28-13-7-3-8-14-28)31-22-32(38)37(42-35(31)20-26)30-17-18-33(39-23-27-11-5-2-6-12-27)36(21-30)41-25-29-15-9-4-10-16-29;16-8-4-11(18)9-6-13(20)15(21-14(9)5-8)7-1-2-10(17)12(19)3-7/h2-21,32,37-38H,22-25H2,1H3;1-5,13,15-20H,6H2/t32-,37-;13-,15-/m11/s1. The van der Waals surface area contributed by atoms with E-state index in [1.165, 1.54) is 30.3 Å². The van der Waals surface area contributed by atoms with Crippen molar-refractivity contribution < 1.29 is 54.3 Å². The number of aliphatic hydroxyl groups excluding tert-OH is 2. The number of phenolic OH excluding ortho intramolecular Hbond substituents is 4. The lowest BCUT2D eigenvalue weighted by Gasteiger charge is -2.32. The highest BCUT2D eigenvalue weighted by Crippen LogP contribution is 2.44. The monoisotopic (exact) mass is 848 g/mol. The maximum absolute atomic E-state index is 11.3. The van der Waals surface area contributed by atoms with E-state index in [0.717, 1.165) is 44.9 Å². The molecule has 0 bridgehead atoms. The Hall–Kier alpha value is -7.34. The predicted molar refractivity (Wildman–Crippen MR) is 236 cm³/mol. The summed E-state index contributed by atoms with van der Waals surface area (Å²) in [6.07, 6.45) is -2.48. The quantitative estimate of drug-likeness (QED) is 0.0687. The van der Waals surface area contributed by atoms with Gasteiger partial charge < -0.3 is 54.3 Å². The third-order valence-electron chi connectivity index (χ3n) is 10.9. The van der Waals surface area contributed by atoms with Crippen LogP contribution in [0.3, 0.4) is 0 Å². The average Bonchev–Trinajstić information content (AvgIpc) is 3.29. The van der Waals surface area contributed by atoms with Gasteiger partial charge in [-0.25, -0.2) is 0 Å². The van der Waals surface area contributed by atoms with E-state index in [-0.39, 0.29) is 35.2 Å². The molecule has 7 aromatic carbocycles. The molecule has 11 heteroatoms. The molecule has 6 N–H and O–H groups in total. The van der Waals surface area contributed by atoms with Crippen molar-refractivity contribution >= 4 is 0 Å². The molecule has 0 spiro atoms. The number of ether oxygens (including phenoxy) is 5. The minimum Gasteiger partial charge on any atom is -0.508 e. The molecule has 7 aromatic rings. The van der Waals surface area contributed by atoms with E-state index in [9.17, 15) is 30.6 Å². The highest BCUT2D eigenvalue weighted by atomic mass is 16.5. The van der Waals surface area contributed by atoms with Crippen LogP contribution in [0.1, 0.15) is 56.7 Å². The smallest absolute Gasteiger partial charge is 0.162 e. The summed E-state index contributed by atoms with van der Waals surface area (Å²) in [5.41, 5.74) is 6.83. The van der Waals surface area contributed by atoms with Crippen molar-refractivity contribution in [2.24, 2.45) is 0 Å². The molecular weight excluding hydrogens is 801 g/mol. The van der Waals surface area contributed by atoms with Gasteiger partial charge in [-0.15, -0.1) is 0 Å². The first-order valence-corrected chi connectivity index (χ1v) is 20.6. The third-order valence-corrected chi connectivity index (χ3v) is 10.9. The summed E-state index contributed by atoms with van der Waals surface area (Å²) in [7, 11) is 0. The number of aryl methyl sites for hydroxylation is 1. The van der Waals surface area contributed by atoms with Gasteiger partial charge in [-0.1, -0.05) is 103 Å². The largest absolute Gasteiger partial charge is 0.508 e. The molecule has 4 atom stereocenters. The molecule has 11 nitrogen and oxygen atoms in total. The van der Waals surface area contributed by atoms with Gasteiger partial charge in [0.15, 0.2) is 23.0 Å². The molecular formula is C52H48O11. The summed E-state index contributed by atoms with van der Waals surface area (Å²) in [6, 6.07) is 46.6. The Bertz CT molecular complexity index is 2640. The van der Waals surface area contributed by atoms with Crippen LogP contribution >= 0.6 is 0 Å². The fourth-order valence-electron chi connectivity index (χ4n) is 7.61. The van der Waals surface area contributed by atoms with E-state index in [4.69, 9.17) is 23.7 Å². The van der Waals surface area contributed by atoms with E-state index in [1.807, 2.05) is 128 Å². The normalized spacial score (nSPS) is 17.4. The van der Waals surface area contributed by atoms with Crippen LogP contribution in [-0.2, 0) is 32.7 Å². The summed E-state index contributed by atoms with van der Waals surface area (Å²) in [5.74, 6) is 2.11. The maximum atomic E-state index is 11.3. The van der Waals surface area contributed by atoms with Gasteiger partial charge in [0.25, 0.3) is 0 Å². The molecule has 0 saturated heterocycles. The Balaban J connectivity index is 0.000000217. The van der Waals surface area contributed by atoms with Crippen LogP contribution in [0.2, 0.25) is 0 Å². The Morgan fingerprint density at radius 2 is 0.952 bits per heavy atom. The van der Waals surface area contributed by atoms with Crippen LogP contribution in [0.4, 0.5) is 0 Å². The second-order valence-electron chi connectivity index (χ2n) is 15.6. The fraction of sp³-hybridized carbons (Fsp3) is 0.192. The number of phenols is 4. The first-order chi connectivity index (χ1) is 30.6. The topological polar surface area (TPSA) is 168 Å². The van der Waals surface area contributed by atoms with Gasteiger partial charge >= 0.3 is 0 Å². The van der Waals surface area contributed by atoms with Crippen LogP contribution in [0.15, 0.2) is 152 Å². The van der Waals surface area contributed by atoms with Gasteiger partial charge in [0.05, 0.1) is 12.2 Å². The lowest BCUT2D eigenvalue weighted by molar-refractivity contribution is 0.0194. The van der Waals surface area contributed by atoms with Crippen LogP contribution in [0, 0.1) is 6.92 Å². The first kappa shape index (κ1) is 42.4. The lowest BCUT2D eigenvalue weighted by Crippen LogP contribution is -2.30. The van der Waals surface area contributed by atoms with Crippen LogP contribution in [0.25, 0.3) is 0 Å². The van der Waals surface area contributed by atoms with Gasteiger partial charge in [0, 0.05) is 36.1 Å². The molecule has 0 unspecified atom stereocenters. The number of benzene rings is 7. The summed E-state index contributed by atoms with van der Waals surface area (Å²) in [4.78, 5) is 0. The molecule has 2 heterocycles. The molecule has 9 rings (SSSR count). The van der Waals surface area contributed by atoms with E-state index in [2.05, 4.69) is 0 Å². The zero-order valence-electron chi connectivity index (χ0n) is 34.5. The highest BCUT2D eigenvalue weighted by Gasteiger charge is 2.34. The number of hydrogen-bond donors (Lipinski definition) is 6. The average molecular weight is 849 g/mol. The highest BCUT2D eigenvalue weighted by molar-refractivity contribution is 5.53. The summed E-state index contributed by atoms with van der Waals surface area (Å²) < 4.78 is 30.8. The summed E-state index contributed by atoms with van der Waals surface area (Å²) >= 11 is 0. The van der Waals surface area contributed by atoms with E-state index < -0.39 is 24.4 Å². The van der Waals surface area contributed by atoms with Crippen molar-refractivity contribution in [2.75, 3.05) is 0 Å². The first-order valence-electron chi connectivity index (χ1n) is 20.6. The molecule has 0 saturated carbocycles. The molecule has 2 aliphatic heterocycles. The molecule has 0 amide bonds. The molecule has 0 aliphatic carbocycles. The van der Waals surface area contributed by atoms with Gasteiger partial charge in [-0.05, 0) is 76.7 Å². The molecule has 0 radical (unpaired) electrons. The van der Waals surface area contributed by atoms with Crippen LogP contribution in [0.5, 0.6) is 51.7 Å². The van der Waals surface area contributed by atoms with Crippen molar-refractivity contribution in [3.05, 3.63) is 196 Å². The number of fused-ring (bicyclic) bond motifs is 2. The van der Waals surface area contributed by atoms with Crippen molar-refractivity contribution in [3.8, 4) is 51.7 Å². The van der Waals surface area contributed by atoms with Gasteiger partial charge in [-0.3, -0.25) is 0 Å². The Labute approximate surface area is 365 Å². The van der Waals surface area contributed by atoms with Crippen LogP contribution in [-0.4, -0.2) is 42.8 Å². The van der Waals surface area contributed by atoms with Crippen molar-refractivity contribution in [2.45, 2.75) is 64.0 Å². The number of hydrogen-bond acceptors (Lipinski definition) is 11. The summed E-state index contributed by atoms with van der Waals surface area (Å²) in [5, 5.41) is 59.6. The van der Waals surface area contributed by atoms with Crippen molar-refractivity contribution in [1.29, 1.82) is 0 Å². The molecule has 63 heavy (non-hydrogen) atoms. The second-order valence-corrected chi connectivity index (χ2v) is 15.6. The lowest BCUT2D eigenvalue weighted by atomic mass is 9.93. The number of rotatable bonds is 11. The predicted octanol–water partition coefficient (Wildman–Crippen LogP) is 9.32. The fourth-order valence-corrected chi connectivity index (χ4v) is 7.61.